The quantitative estimate of drug-likeness (QED) is 0.397. The summed E-state index contributed by atoms with van der Waals surface area (Å²) in [5.41, 5.74) is 11.3. The molecular formula is C21H26ClFN8O3. The molecule has 2 aromatic heterocycles. The maximum Gasteiger partial charge on any atom is 0.256 e. The second kappa shape index (κ2) is 10.1. The Balaban J connectivity index is 0.00000324. The van der Waals surface area contributed by atoms with Crippen molar-refractivity contribution in [2.24, 2.45) is 5.73 Å². The number of methoxy groups -OCH3 is 1. The molecule has 1 aliphatic heterocycles. The van der Waals surface area contributed by atoms with E-state index in [0.29, 0.717) is 12.2 Å². The molecule has 0 saturated carbocycles. The lowest BCUT2D eigenvalue weighted by atomic mass is 10.1. The van der Waals surface area contributed by atoms with Gasteiger partial charge in [-0.2, -0.15) is 4.98 Å². The van der Waals surface area contributed by atoms with Gasteiger partial charge in [0.1, 0.15) is 22.8 Å². The van der Waals surface area contributed by atoms with E-state index in [9.17, 15) is 9.59 Å². The van der Waals surface area contributed by atoms with E-state index in [4.69, 9.17) is 16.2 Å². The number of rotatable bonds is 6. The highest BCUT2D eigenvalue weighted by atomic mass is 35.5. The molecule has 0 spiro atoms. The first kappa shape index (κ1) is 25.0. The summed E-state index contributed by atoms with van der Waals surface area (Å²) in [5.74, 6) is -1.24. The number of primary amides is 1. The molecule has 1 aliphatic rings. The molecule has 1 saturated heterocycles. The smallest absolute Gasteiger partial charge is 0.256 e. The van der Waals surface area contributed by atoms with Gasteiger partial charge in [-0.25, -0.2) is 9.37 Å². The number of hydrogen-bond acceptors (Lipinski definition) is 9. The van der Waals surface area contributed by atoms with Gasteiger partial charge in [-0.1, -0.05) is 0 Å². The van der Waals surface area contributed by atoms with Gasteiger partial charge in [0, 0.05) is 50.7 Å². The molecule has 0 aliphatic carbocycles. The van der Waals surface area contributed by atoms with Crippen LogP contribution in [0.15, 0.2) is 23.1 Å². The van der Waals surface area contributed by atoms with E-state index in [1.54, 1.807) is 13.0 Å². The van der Waals surface area contributed by atoms with E-state index >= 15 is 4.39 Å². The first-order chi connectivity index (χ1) is 15.8. The Morgan fingerprint density at radius 2 is 2.03 bits per heavy atom. The van der Waals surface area contributed by atoms with E-state index < -0.39 is 17.2 Å². The maximum atomic E-state index is 15.1. The molecule has 3 aromatic rings. The van der Waals surface area contributed by atoms with Crippen molar-refractivity contribution in [3.8, 4) is 5.75 Å². The van der Waals surface area contributed by atoms with Crippen LogP contribution in [0.5, 0.6) is 5.75 Å². The zero-order valence-corrected chi connectivity index (χ0v) is 19.5. The van der Waals surface area contributed by atoms with Crippen molar-refractivity contribution in [1.82, 2.24) is 19.9 Å². The Labute approximate surface area is 200 Å². The Bertz CT molecular complexity index is 1290. The van der Waals surface area contributed by atoms with Crippen LogP contribution in [0, 0.1) is 5.82 Å². The molecule has 4 rings (SSSR count). The number of amides is 1. The van der Waals surface area contributed by atoms with Crippen LogP contribution in [-0.2, 0) is 6.54 Å². The molecule has 182 valence electrons. The van der Waals surface area contributed by atoms with Crippen LogP contribution in [0.4, 0.5) is 27.5 Å². The van der Waals surface area contributed by atoms with E-state index in [1.807, 2.05) is 0 Å². The monoisotopic (exact) mass is 492 g/mol. The molecule has 0 unspecified atom stereocenters. The number of carbonyl (C=O) groups excluding carboxylic acids is 1. The minimum absolute atomic E-state index is 0. The standard InChI is InChI=1S/C21H25FN8O3.ClH/c1-3-30-18(23)15(19(24)32)17(31)12-10-26-21(28-20(12)30)27-16-13(22)8-11(9-14(16)33-2)29-6-4-25-5-7-29;/h8-10,25H,3-7,23H2,1-2H3,(H2,24,32)(H,26,27,28);1H. The van der Waals surface area contributed by atoms with E-state index in [2.05, 4.69) is 25.5 Å². The van der Waals surface area contributed by atoms with Crippen molar-refractivity contribution in [2.75, 3.05) is 49.2 Å². The fourth-order valence-electron chi connectivity index (χ4n) is 3.92. The number of benzene rings is 1. The fraction of sp³-hybridized carbons (Fsp3) is 0.333. The van der Waals surface area contributed by atoms with Crippen LogP contribution >= 0.6 is 12.4 Å². The molecule has 34 heavy (non-hydrogen) atoms. The predicted octanol–water partition coefficient (Wildman–Crippen LogP) is 1.22. The highest BCUT2D eigenvalue weighted by molar-refractivity contribution is 6.00. The molecule has 1 fully saturated rings. The summed E-state index contributed by atoms with van der Waals surface area (Å²) in [6, 6.07) is 3.17. The number of ether oxygens (including phenoxy) is 1. The number of piperazine rings is 1. The number of nitrogens with zero attached hydrogens (tertiary/aromatic N) is 4. The topological polar surface area (TPSA) is 153 Å². The fourth-order valence-corrected chi connectivity index (χ4v) is 3.92. The number of aryl methyl sites for hydroxylation is 1. The normalized spacial score (nSPS) is 13.4. The second-order valence-corrected chi connectivity index (χ2v) is 7.50. The minimum atomic E-state index is -0.930. The molecule has 1 aromatic carbocycles. The van der Waals surface area contributed by atoms with Crippen molar-refractivity contribution < 1.29 is 13.9 Å². The van der Waals surface area contributed by atoms with Gasteiger partial charge in [-0.15, -0.1) is 12.4 Å². The molecule has 13 heteroatoms. The first-order valence-electron chi connectivity index (χ1n) is 10.4. The first-order valence-corrected chi connectivity index (χ1v) is 10.4. The van der Waals surface area contributed by atoms with Crippen LogP contribution in [0.1, 0.15) is 17.3 Å². The number of hydrogen-bond donors (Lipinski definition) is 4. The zero-order valence-electron chi connectivity index (χ0n) is 18.7. The molecule has 3 heterocycles. The Morgan fingerprint density at radius 1 is 1.32 bits per heavy atom. The highest BCUT2D eigenvalue weighted by Crippen LogP contribution is 2.34. The third kappa shape index (κ3) is 4.41. The van der Waals surface area contributed by atoms with Crippen LogP contribution in [0.25, 0.3) is 11.0 Å². The summed E-state index contributed by atoms with van der Waals surface area (Å²) in [4.78, 5) is 35.0. The second-order valence-electron chi connectivity index (χ2n) is 7.50. The third-order valence-electron chi connectivity index (χ3n) is 5.58. The largest absolute Gasteiger partial charge is 0.494 e. The number of aromatic nitrogens is 3. The van der Waals surface area contributed by atoms with Crippen molar-refractivity contribution in [3.05, 3.63) is 39.9 Å². The lowest BCUT2D eigenvalue weighted by Crippen LogP contribution is -2.43. The van der Waals surface area contributed by atoms with Crippen LogP contribution in [0.2, 0.25) is 0 Å². The number of anilines is 4. The summed E-state index contributed by atoms with van der Waals surface area (Å²) in [5, 5.41) is 6.18. The van der Waals surface area contributed by atoms with Gasteiger partial charge in [0.15, 0.2) is 11.5 Å². The van der Waals surface area contributed by atoms with Crippen molar-refractivity contribution in [3.63, 3.8) is 0 Å². The number of nitrogens with two attached hydrogens (primary N) is 2. The van der Waals surface area contributed by atoms with Crippen molar-refractivity contribution >= 4 is 52.5 Å². The highest BCUT2D eigenvalue weighted by Gasteiger charge is 2.21. The van der Waals surface area contributed by atoms with Gasteiger partial charge < -0.3 is 36.3 Å². The number of nitrogen functional groups attached to an aromatic ring is 1. The van der Waals surface area contributed by atoms with Gasteiger partial charge in [0.2, 0.25) is 11.4 Å². The van der Waals surface area contributed by atoms with E-state index in [1.165, 1.54) is 23.9 Å². The summed E-state index contributed by atoms with van der Waals surface area (Å²) in [6.45, 7) is 5.23. The lowest BCUT2D eigenvalue weighted by Gasteiger charge is -2.30. The van der Waals surface area contributed by atoms with Gasteiger partial charge in [0.25, 0.3) is 5.91 Å². The predicted molar refractivity (Wildman–Crippen MR) is 131 cm³/mol. The molecule has 1 amide bonds. The van der Waals surface area contributed by atoms with Crippen LogP contribution in [-0.4, -0.2) is 53.7 Å². The Morgan fingerprint density at radius 3 is 2.65 bits per heavy atom. The molecule has 6 N–H and O–H groups in total. The average molecular weight is 493 g/mol. The molecule has 0 bridgehead atoms. The SMILES string of the molecule is CCn1c(N)c(C(N)=O)c(=O)c2cnc(Nc3c(F)cc(N4CCNCC4)cc3OC)nc21.Cl. The number of carbonyl (C=O) groups is 1. The van der Waals surface area contributed by atoms with Gasteiger partial charge in [-0.05, 0) is 13.0 Å². The summed E-state index contributed by atoms with van der Waals surface area (Å²) in [7, 11) is 1.45. The number of fused-ring (bicyclic) bond motifs is 1. The van der Waals surface area contributed by atoms with E-state index in [-0.39, 0.29) is 52.2 Å². The average Bonchev–Trinajstić information content (AvgIpc) is 2.80. The molecule has 11 nitrogen and oxygen atoms in total. The number of nitrogens with one attached hydrogen (secondary N) is 2. The maximum absolute atomic E-state index is 15.1. The van der Waals surface area contributed by atoms with E-state index in [0.717, 1.165) is 26.2 Å². The van der Waals surface area contributed by atoms with Gasteiger partial charge in [0.05, 0.1) is 12.5 Å². The third-order valence-corrected chi connectivity index (χ3v) is 5.58. The van der Waals surface area contributed by atoms with Crippen molar-refractivity contribution in [2.45, 2.75) is 13.5 Å². The van der Waals surface area contributed by atoms with Crippen LogP contribution in [0.3, 0.4) is 0 Å². The zero-order chi connectivity index (χ0) is 23.7. The molecule has 0 radical (unpaired) electrons. The number of halogens is 2. The lowest BCUT2D eigenvalue weighted by molar-refractivity contribution is 0.1000. The summed E-state index contributed by atoms with van der Waals surface area (Å²) < 4.78 is 22.0. The van der Waals surface area contributed by atoms with Crippen LogP contribution < -0.4 is 37.2 Å². The number of pyridine rings is 1. The van der Waals surface area contributed by atoms with Gasteiger partial charge >= 0.3 is 0 Å². The molecular weight excluding hydrogens is 467 g/mol. The van der Waals surface area contributed by atoms with Crippen molar-refractivity contribution in [1.29, 1.82) is 0 Å². The summed E-state index contributed by atoms with van der Waals surface area (Å²) >= 11 is 0. The Kier molecular flexibility index (Phi) is 7.42. The summed E-state index contributed by atoms with van der Waals surface area (Å²) in [6.07, 6.45) is 1.25. The minimum Gasteiger partial charge on any atom is -0.494 e. The van der Waals surface area contributed by atoms with Gasteiger partial charge in [-0.3, -0.25) is 9.59 Å². The molecule has 0 atom stereocenters. The Hall–Kier alpha value is -3.64.